The summed E-state index contributed by atoms with van der Waals surface area (Å²) in [4.78, 5) is 9.17. The highest BCUT2D eigenvalue weighted by molar-refractivity contribution is 6.36. The highest BCUT2D eigenvalue weighted by Crippen LogP contribution is 2.30. The van der Waals surface area contributed by atoms with E-state index in [2.05, 4.69) is 49.6 Å². The molecule has 2 aromatic rings. The van der Waals surface area contributed by atoms with E-state index in [-0.39, 0.29) is 11.1 Å². The van der Waals surface area contributed by atoms with Crippen molar-refractivity contribution in [3.8, 4) is 0 Å². The average Bonchev–Trinajstić information content (AvgIpc) is 2.85. The van der Waals surface area contributed by atoms with E-state index in [0.717, 1.165) is 50.0 Å². The predicted octanol–water partition coefficient (Wildman–Crippen LogP) is 3.95. The number of hydrogen-bond acceptors (Lipinski definition) is 6. The zero-order valence-corrected chi connectivity index (χ0v) is 19.0. The van der Waals surface area contributed by atoms with Crippen LogP contribution in [0.2, 0.25) is 10.0 Å². The number of fused-ring (bicyclic) bond motifs is 1. The molecule has 32 heavy (non-hydrogen) atoms. The first-order chi connectivity index (χ1) is 15.6. The number of halogens is 3. The van der Waals surface area contributed by atoms with Crippen LogP contribution in [0.1, 0.15) is 17.5 Å². The van der Waals surface area contributed by atoms with Gasteiger partial charge in [-0.1, -0.05) is 35.3 Å². The van der Waals surface area contributed by atoms with Crippen molar-refractivity contribution in [2.24, 2.45) is 10.1 Å². The third kappa shape index (κ3) is 4.35. The van der Waals surface area contributed by atoms with E-state index in [0.29, 0.717) is 30.1 Å². The Balaban J connectivity index is 1.34. The molecule has 0 bridgehead atoms. The fraction of sp³-hybridized carbons (Fsp3) is 0.391. The first kappa shape index (κ1) is 21.6. The van der Waals surface area contributed by atoms with Gasteiger partial charge in [-0.15, -0.1) is 0 Å². The molecule has 1 atom stereocenters. The highest BCUT2D eigenvalue weighted by atomic mass is 35.5. The molecule has 3 aliphatic rings. The Hall–Kier alpha value is -2.19. The van der Waals surface area contributed by atoms with Crippen molar-refractivity contribution in [1.82, 2.24) is 10.3 Å². The van der Waals surface area contributed by atoms with Gasteiger partial charge in [0, 0.05) is 48.9 Å². The lowest BCUT2D eigenvalue weighted by Crippen LogP contribution is -2.53. The van der Waals surface area contributed by atoms with Gasteiger partial charge in [-0.3, -0.25) is 15.3 Å². The summed E-state index contributed by atoms with van der Waals surface area (Å²) in [5.41, 5.74) is 6.97. The third-order valence-electron chi connectivity index (χ3n) is 6.19. The number of hydrogen-bond donors (Lipinski definition) is 1. The monoisotopic (exact) mass is 475 g/mol. The van der Waals surface area contributed by atoms with Gasteiger partial charge in [0.1, 0.15) is 11.7 Å². The Bertz CT molecular complexity index is 1050. The predicted molar refractivity (Wildman–Crippen MR) is 127 cm³/mol. The number of nitrogens with zero attached hydrogens (tertiary/aromatic N) is 4. The van der Waals surface area contributed by atoms with E-state index in [1.807, 2.05) is 0 Å². The van der Waals surface area contributed by atoms with Crippen molar-refractivity contribution in [3.05, 3.63) is 63.4 Å². The van der Waals surface area contributed by atoms with Crippen LogP contribution in [0.4, 0.5) is 10.1 Å². The summed E-state index contributed by atoms with van der Waals surface area (Å²) in [6, 6.07) is 11.4. The fourth-order valence-electron chi connectivity index (χ4n) is 4.40. The number of ether oxygens (including phenoxy) is 1. The largest absolute Gasteiger partial charge is 0.378 e. The number of aliphatic imine (C=N–C) groups is 1. The molecule has 0 radical (unpaired) electrons. The Morgan fingerprint density at radius 1 is 1.06 bits per heavy atom. The van der Waals surface area contributed by atoms with Crippen molar-refractivity contribution >= 4 is 40.4 Å². The Morgan fingerprint density at radius 3 is 2.62 bits per heavy atom. The highest BCUT2D eigenvalue weighted by Gasteiger charge is 2.32. The van der Waals surface area contributed by atoms with Crippen LogP contribution in [-0.2, 0) is 11.3 Å². The van der Waals surface area contributed by atoms with Gasteiger partial charge in [-0.05, 0) is 29.8 Å². The van der Waals surface area contributed by atoms with Crippen molar-refractivity contribution in [2.75, 3.05) is 44.3 Å². The van der Waals surface area contributed by atoms with E-state index in [1.165, 1.54) is 11.8 Å². The van der Waals surface area contributed by atoms with Gasteiger partial charge in [0.15, 0.2) is 0 Å². The molecule has 0 saturated carbocycles. The minimum absolute atomic E-state index is 0.00516. The summed E-state index contributed by atoms with van der Waals surface area (Å²) in [7, 11) is 0. The summed E-state index contributed by atoms with van der Waals surface area (Å²) in [5, 5.41) is 5.13. The summed E-state index contributed by atoms with van der Waals surface area (Å²) in [6.07, 6.45) is 0.702. The molecule has 1 saturated heterocycles. The summed E-state index contributed by atoms with van der Waals surface area (Å²) >= 11 is 12.6. The summed E-state index contributed by atoms with van der Waals surface area (Å²) in [5.74, 6) is 0.370. The molecule has 1 fully saturated rings. The molecule has 9 heteroatoms. The van der Waals surface area contributed by atoms with Gasteiger partial charge in [0.05, 0.1) is 36.5 Å². The number of hydrazone groups is 1. The van der Waals surface area contributed by atoms with Gasteiger partial charge in [-0.25, -0.2) is 4.39 Å². The molecule has 3 heterocycles. The summed E-state index contributed by atoms with van der Waals surface area (Å²) < 4.78 is 19.5. The average molecular weight is 476 g/mol. The second kappa shape index (κ2) is 9.35. The van der Waals surface area contributed by atoms with Crippen LogP contribution in [-0.4, -0.2) is 61.9 Å². The molecule has 168 valence electrons. The SMILES string of the molecule is Fc1ccc(Cl)c(CN2CCN=C3NN=C(c4ccc(N5CCOCC5)cc4)CC32)c1Cl. The smallest absolute Gasteiger partial charge is 0.142 e. The molecule has 3 aliphatic heterocycles. The second-order valence-electron chi connectivity index (χ2n) is 8.10. The Kier molecular flexibility index (Phi) is 6.33. The van der Waals surface area contributed by atoms with Gasteiger partial charge in [0.25, 0.3) is 0 Å². The maximum Gasteiger partial charge on any atom is 0.142 e. The van der Waals surface area contributed by atoms with Crippen LogP contribution in [0.5, 0.6) is 0 Å². The van der Waals surface area contributed by atoms with Crippen molar-refractivity contribution in [3.63, 3.8) is 0 Å². The van der Waals surface area contributed by atoms with Gasteiger partial charge >= 0.3 is 0 Å². The molecule has 5 rings (SSSR count). The number of anilines is 1. The van der Waals surface area contributed by atoms with E-state index >= 15 is 0 Å². The van der Waals surface area contributed by atoms with Crippen LogP contribution >= 0.6 is 23.2 Å². The van der Waals surface area contributed by atoms with E-state index < -0.39 is 5.82 Å². The zero-order chi connectivity index (χ0) is 22.1. The lowest BCUT2D eigenvalue weighted by atomic mass is 9.97. The molecule has 0 amide bonds. The third-order valence-corrected chi connectivity index (χ3v) is 6.96. The van der Waals surface area contributed by atoms with Crippen LogP contribution in [0, 0.1) is 5.82 Å². The van der Waals surface area contributed by atoms with Crippen LogP contribution < -0.4 is 10.3 Å². The van der Waals surface area contributed by atoms with Gasteiger partial charge in [0.2, 0.25) is 0 Å². The minimum atomic E-state index is -0.457. The number of benzene rings is 2. The number of amidine groups is 1. The summed E-state index contributed by atoms with van der Waals surface area (Å²) in [6.45, 7) is 5.16. The Labute approximate surface area is 196 Å². The maximum absolute atomic E-state index is 14.0. The molecule has 0 aliphatic carbocycles. The van der Waals surface area contributed by atoms with E-state index in [1.54, 1.807) is 6.07 Å². The van der Waals surface area contributed by atoms with E-state index in [4.69, 9.17) is 27.9 Å². The number of morpholine rings is 1. The fourth-order valence-corrected chi connectivity index (χ4v) is 4.89. The molecule has 2 aromatic carbocycles. The van der Waals surface area contributed by atoms with Crippen molar-refractivity contribution in [1.29, 1.82) is 0 Å². The first-order valence-corrected chi connectivity index (χ1v) is 11.5. The van der Waals surface area contributed by atoms with E-state index in [9.17, 15) is 4.39 Å². The lowest BCUT2D eigenvalue weighted by molar-refractivity contribution is 0.122. The van der Waals surface area contributed by atoms with Crippen LogP contribution in [0.25, 0.3) is 0 Å². The molecule has 1 unspecified atom stereocenters. The number of nitrogens with one attached hydrogen (secondary N) is 1. The topological polar surface area (TPSA) is 52.5 Å². The minimum Gasteiger partial charge on any atom is -0.378 e. The van der Waals surface area contributed by atoms with Crippen molar-refractivity contribution in [2.45, 2.75) is 19.0 Å². The zero-order valence-electron chi connectivity index (χ0n) is 17.5. The number of rotatable bonds is 4. The molecular weight excluding hydrogens is 452 g/mol. The first-order valence-electron chi connectivity index (χ1n) is 10.8. The molecule has 0 aromatic heterocycles. The standard InChI is InChI=1S/C23H24Cl2FN5O/c24-18-5-6-19(26)22(25)17(18)14-31-8-7-27-23-21(31)13-20(28-29-23)15-1-3-16(4-2-15)30-9-11-32-12-10-30/h1-6,21H,7-14H2,(H,27,29). The second-order valence-corrected chi connectivity index (χ2v) is 8.88. The maximum atomic E-state index is 14.0. The van der Waals surface area contributed by atoms with Gasteiger partial charge < -0.3 is 9.64 Å². The lowest BCUT2D eigenvalue weighted by Gasteiger charge is -2.38. The van der Waals surface area contributed by atoms with Crippen LogP contribution in [0.15, 0.2) is 46.5 Å². The normalized spacial score (nSPS) is 21.5. The van der Waals surface area contributed by atoms with Gasteiger partial charge in [-0.2, -0.15) is 5.10 Å². The molecule has 0 spiro atoms. The van der Waals surface area contributed by atoms with Crippen molar-refractivity contribution < 1.29 is 9.13 Å². The Morgan fingerprint density at radius 2 is 1.84 bits per heavy atom. The quantitative estimate of drug-likeness (QED) is 0.680. The molecule has 1 N–H and O–H groups in total. The molecule has 6 nitrogen and oxygen atoms in total. The van der Waals surface area contributed by atoms with Crippen LogP contribution in [0.3, 0.4) is 0 Å². The molecular formula is C23H24Cl2FN5O.